The van der Waals surface area contributed by atoms with Crippen molar-refractivity contribution in [3.05, 3.63) is 35.9 Å². The smallest absolute Gasteiger partial charge is 0.237 e. The number of rotatable bonds is 8. The van der Waals surface area contributed by atoms with Gasteiger partial charge in [-0.05, 0) is 38.4 Å². The van der Waals surface area contributed by atoms with Gasteiger partial charge in [0.25, 0.3) is 0 Å². The van der Waals surface area contributed by atoms with Gasteiger partial charge in [-0.1, -0.05) is 44.2 Å². The number of carbonyl (C=O) groups excluding carboxylic acids is 1. The standard InChI is InChI=1S/C17H29N3O/c1-13(2)10-15(12-20(3)4)19-17(21)16(18)11-14-8-6-5-7-9-14/h5-9,13,15-16H,10-12,18H2,1-4H3,(H,19,21). The Morgan fingerprint density at radius 3 is 2.38 bits per heavy atom. The molecule has 118 valence electrons. The van der Waals surface area contributed by atoms with Gasteiger partial charge in [0.15, 0.2) is 0 Å². The molecule has 1 aromatic carbocycles. The molecule has 2 atom stereocenters. The van der Waals surface area contributed by atoms with E-state index in [0.29, 0.717) is 12.3 Å². The molecular formula is C17H29N3O. The number of hydrogen-bond donors (Lipinski definition) is 2. The van der Waals surface area contributed by atoms with Crippen LogP contribution in [0.3, 0.4) is 0 Å². The third-order valence-electron chi connectivity index (χ3n) is 3.32. The highest BCUT2D eigenvalue weighted by Crippen LogP contribution is 2.07. The van der Waals surface area contributed by atoms with Crippen LogP contribution in [-0.4, -0.2) is 43.5 Å². The number of carbonyl (C=O) groups is 1. The second kappa shape index (κ2) is 8.80. The maximum Gasteiger partial charge on any atom is 0.237 e. The lowest BCUT2D eigenvalue weighted by Gasteiger charge is -2.25. The second-order valence-corrected chi connectivity index (χ2v) is 6.39. The molecule has 0 saturated heterocycles. The van der Waals surface area contributed by atoms with Crippen LogP contribution in [0, 0.1) is 5.92 Å². The first kappa shape index (κ1) is 17.7. The van der Waals surface area contributed by atoms with Crippen molar-refractivity contribution in [1.29, 1.82) is 0 Å². The zero-order valence-electron chi connectivity index (χ0n) is 13.7. The first-order valence-electron chi connectivity index (χ1n) is 7.63. The van der Waals surface area contributed by atoms with Gasteiger partial charge in [0.05, 0.1) is 6.04 Å². The highest BCUT2D eigenvalue weighted by molar-refractivity contribution is 5.82. The molecular weight excluding hydrogens is 262 g/mol. The minimum absolute atomic E-state index is 0.0636. The normalized spacial score (nSPS) is 14.2. The first-order valence-corrected chi connectivity index (χ1v) is 7.63. The van der Waals surface area contributed by atoms with E-state index in [1.54, 1.807) is 0 Å². The number of amides is 1. The Labute approximate surface area is 128 Å². The molecule has 0 aliphatic carbocycles. The van der Waals surface area contributed by atoms with Gasteiger partial charge in [0.2, 0.25) is 5.91 Å². The minimum atomic E-state index is -0.496. The molecule has 0 aromatic heterocycles. The number of benzene rings is 1. The largest absolute Gasteiger partial charge is 0.351 e. The second-order valence-electron chi connectivity index (χ2n) is 6.39. The lowest BCUT2D eigenvalue weighted by atomic mass is 10.0. The predicted molar refractivity (Wildman–Crippen MR) is 88.1 cm³/mol. The lowest BCUT2D eigenvalue weighted by molar-refractivity contribution is -0.123. The Morgan fingerprint density at radius 1 is 1.24 bits per heavy atom. The molecule has 2 unspecified atom stereocenters. The Hall–Kier alpha value is -1.39. The number of nitrogens with two attached hydrogens (primary N) is 1. The monoisotopic (exact) mass is 291 g/mol. The van der Waals surface area contributed by atoms with Crippen molar-refractivity contribution in [2.75, 3.05) is 20.6 Å². The summed E-state index contributed by atoms with van der Waals surface area (Å²) in [5, 5.41) is 3.09. The van der Waals surface area contributed by atoms with Gasteiger partial charge in [0.1, 0.15) is 0 Å². The van der Waals surface area contributed by atoms with E-state index in [1.807, 2.05) is 44.4 Å². The van der Waals surface area contributed by atoms with E-state index in [4.69, 9.17) is 5.73 Å². The molecule has 3 N–H and O–H groups in total. The summed E-state index contributed by atoms with van der Waals surface area (Å²) in [4.78, 5) is 14.4. The van der Waals surface area contributed by atoms with Crippen LogP contribution in [0.4, 0.5) is 0 Å². The molecule has 1 rings (SSSR count). The molecule has 21 heavy (non-hydrogen) atoms. The van der Waals surface area contributed by atoms with E-state index in [0.717, 1.165) is 18.5 Å². The summed E-state index contributed by atoms with van der Waals surface area (Å²) in [5.41, 5.74) is 7.12. The van der Waals surface area contributed by atoms with Crippen molar-refractivity contribution in [2.24, 2.45) is 11.7 Å². The summed E-state index contributed by atoms with van der Waals surface area (Å²) in [5.74, 6) is 0.479. The van der Waals surface area contributed by atoms with Crippen molar-refractivity contribution in [2.45, 2.75) is 38.8 Å². The molecule has 4 nitrogen and oxygen atoms in total. The molecule has 1 aromatic rings. The van der Waals surface area contributed by atoms with Crippen molar-refractivity contribution in [1.82, 2.24) is 10.2 Å². The molecule has 0 aliphatic heterocycles. The fourth-order valence-corrected chi connectivity index (χ4v) is 2.46. The summed E-state index contributed by atoms with van der Waals surface area (Å²) in [6.07, 6.45) is 1.53. The Kier molecular flexibility index (Phi) is 7.40. The third kappa shape index (κ3) is 7.25. The number of nitrogens with one attached hydrogen (secondary N) is 1. The number of hydrogen-bond acceptors (Lipinski definition) is 3. The van der Waals surface area contributed by atoms with Crippen LogP contribution in [0.1, 0.15) is 25.8 Å². The molecule has 0 spiro atoms. The zero-order valence-corrected chi connectivity index (χ0v) is 13.7. The Morgan fingerprint density at radius 2 is 1.86 bits per heavy atom. The predicted octanol–water partition coefficient (Wildman–Crippen LogP) is 1.65. The summed E-state index contributed by atoms with van der Waals surface area (Å²) < 4.78 is 0. The van der Waals surface area contributed by atoms with Gasteiger partial charge in [-0.25, -0.2) is 0 Å². The van der Waals surface area contributed by atoms with Crippen molar-refractivity contribution < 1.29 is 4.79 Å². The van der Waals surface area contributed by atoms with Gasteiger partial charge in [-0.2, -0.15) is 0 Å². The summed E-state index contributed by atoms with van der Waals surface area (Å²) >= 11 is 0. The fourth-order valence-electron chi connectivity index (χ4n) is 2.46. The molecule has 1 amide bonds. The molecule has 0 bridgehead atoms. The van der Waals surface area contributed by atoms with Crippen molar-refractivity contribution in [3.63, 3.8) is 0 Å². The summed E-state index contributed by atoms with van der Waals surface area (Å²) in [7, 11) is 4.03. The van der Waals surface area contributed by atoms with Gasteiger partial charge >= 0.3 is 0 Å². The van der Waals surface area contributed by atoms with E-state index in [9.17, 15) is 4.79 Å². The van der Waals surface area contributed by atoms with Crippen LogP contribution >= 0.6 is 0 Å². The minimum Gasteiger partial charge on any atom is -0.351 e. The van der Waals surface area contributed by atoms with E-state index < -0.39 is 6.04 Å². The summed E-state index contributed by atoms with van der Waals surface area (Å²) in [6.45, 7) is 5.17. The highest BCUT2D eigenvalue weighted by Gasteiger charge is 2.19. The van der Waals surface area contributed by atoms with Gasteiger partial charge in [-0.3, -0.25) is 4.79 Å². The van der Waals surface area contributed by atoms with Crippen molar-refractivity contribution in [3.8, 4) is 0 Å². The van der Waals surface area contributed by atoms with E-state index >= 15 is 0 Å². The van der Waals surface area contributed by atoms with Crippen molar-refractivity contribution >= 4 is 5.91 Å². The molecule has 0 heterocycles. The lowest BCUT2D eigenvalue weighted by Crippen LogP contribution is -2.49. The molecule has 0 fully saturated rings. The van der Waals surface area contributed by atoms with Gasteiger partial charge in [0, 0.05) is 12.6 Å². The third-order valence-corrected chi connectivity index (χ3v) is 3.32. The molecule has 0 saturated carbocycles. The van der Waals surface area contributed by atoms with Gasteiger partial charge in [-0.15, -0.1) is 0 Å². The molecule has 0 radical (unpaired) electrons. The number of likely N-dealkylation sites (N-methyl/N-ethyl adjacent to an activating group) is 1. The fraction of sp³-hybridized carbons (Fsp3) is 0.588. The highest BCUT2D eigenvalue weighted by atomic mass is 16.2. The maximum absolute atomic E-state index is 12.3. The maximum atomic E-state index is 12.3. The molecule has 0 aliphatic rings. The van der Waals surface area contributed by atoms with Crippen LogP contribution in [0.2, 0.25) is 0 Å². The SMILES string of the molecule is CC(C)CC(CN(C)C)NC(=O)C(N)Cc1ccccc1. The Bertz CT molecular complexity index is 407. The quantitative estimate of drug-likeness (QED) is 0.765. The van der Waals surface area contributed by atoms with E-state index in [1.165, 1.54) is 0 Å². The van der Waals surface area contributed by atoms with Crippen LogP contribution in [0.15, 0.2) is 30.3 Å². The van der Waals surface area contributed by atoms with Gasteiger partial charge < -0.3 is 16.0 Å². The average molecular weight is 291 g/mol. The van der Waals surface area contributed by atoms with Crippen LogP contribution in [0.5, 0.6) is 0 Å². The first-order chi connectivity index (χ1) is 9.88. The molecule has 4 heteroatoms. The van der Waals surface area contributed by atoms with Crippen LogP contribution in [-0.2, 0) is 11.2 Å². The summed E-state index contributed by atoms with van der Waals surface area (Å²) in [6, 6.07) is 9.54. The van der Waals surface area contributed by atoms with Crippen LogP contribution in [0.25, 0.3) is 0 Å². The van der Waals surface area contributed by atoms with Crippen LogP contribution < -0.4 is 11.1 Å². The zero-order chi connectivity index (χ0) is 15.8. The van der Waals surface area contributed by atoms with E-state index in [2.05, 4.69) is 24.1 Å². The van der Waals surface area contributed by atoms with E-state index in [-0.39, 0.29) is 11.9 Å². The number of nitrogens with zero attached hydrogens (tertiary/aromatic N) is 1. The topological polar surface area (TPSA) is 58.4 Å². The average Bonchev–Trinajstić information content (AvgIpc) is 2.38. The Balaban J connectivity index is 2.55.